The highest BCUT2D eigenvalue weighted by atomic mass is 32.1. The fraction of sp³-hybridized carbons (Fsp3) is 0.458. The van der Waals surface area contributed by atoms with E-state index in [-0.39, 0.29) is 25.3 Å². The average molecular weight is 525 g/mol. The third-order valence-corrected chi connectivity index (χ3v) is 7.04. The summed E-state index contributed by atoms with van der Waals surface area (Å²) < 4.78 is 52.9. The standard InChI is InChI=1S/C24H27F3N4O4S/c1-23(15-5-7-16(25)8-6-15)19(35-22(33)34-2)18(29-20(30-23)21-28-9-11-36-21)13-31-14-24(26,27)12-17(31)4-3-10-32/h5-9,11,17,32H,3-4,10,12-14H2,1-2H3,(H,29,30)/t17?,23-/m0/s1. The van der Waals surface area contributed by atoms with Crippen molar-refractivity contribution in [2.45, 2.75) is 43.7 Å². The van der Waals surface area contributed by atoms with Crippen molar-refractivity contribution in [3.63, 3.8) is 0 Å². The van der Waals surface area contributed by atoms with Gasteiger partial charge in [-0.2, -0.15) is 0 Å². The number of methoxy groups -OCH3 is 1. The summed E-state index contributed by atoms with van der Waals surface area (Å²) in [4.78, 5) is 23.0. The van der Waals surface area contributed by atoms with Crippen molar-refractivity contribution in [2.24, 2.45) is 4.99 Å². The second kappa shape index (κ2) is 10.6. The van der Waals surface area contributed by atoms with Gasteiger partial charge < -0.3 is 19.9 Å². The first-order valence-electron chi connectivity index (χ1n) is 11.4. The summed E-state index contributed by atoms with van der Waals surface area (Å²) >= 11 is 1.32. The third kappa shape index (κ3) is 5.55. The summed E-state index contributed by atoms with van der Waals surface area (Å²) in [6.07, 6.45) is 1.03. The maximum atomic E-state index is 14.4. The summed E-state index contributed by atoms with van der Waals surface area (Å²) in [5, 5.41) is 14.7. The predicted octanol–water partition coefficient (Wildman–Crippen LogP) is 4.02. The van der Waals surface area contributed by atoms with Gasteiger partial charge in [0, 0.05) is 37.2 Å². The van der Waals surface area contributed by atoms with Crippen LogP contribution in [-0.2, 0) is 15.0 Å². The number of aromatic nitrogens is 1. The highest BCUT2D eigenvalue weighted by Crippen LogP contribution is 2.41. The minimum atomic E-state index is -2.90. The number of hydrogen-bond donors (Lipinski definition) is 2. The molecule has 4 rings (SSSR count). The van der Waals surface area contributed by atoms with Gasteiger partial charge in [-0.1, -0.05) is 12.1 Å². The van der Waals surface area contributed by atoms with Crippen LogP contribution in [0.15, 0.2) is 52.3 Å². The Hall–Kier alpha value is -2.96. The zero-order valence-electron chi connectivity index (χ0n) is 19.8. The summed E-state index contributed by atoms with van der Waals surface area (Å²) in [6.45, 7) is 1.09. The van der Waals surface area contributed by atoms with Crippen LogP contribution >= 0.6 is 11.3 Å². The minimum absolute atomic E-state index is 0.0147. The molecule has 36 heavy (non-hydrogen) atoms. The van der Waals surface area contributed by atoms with Gasteiger partial charge in [0.15, 0.2) is 16.6 Å². The van der Waals surface area contributed by atoms with Crippen molar-refractivity contribution in [3.8, 4) is 0 Å². The van der Waals surface area contributed by atoms with Crippen LogP contribution in [0.3, 0.4) is 0 Å². The summed E-state index contributed by atoms with van der Waals surface area (Å²) in [5.41, 5.74) is -0.481. The van der Waals surface area contributed by atoms with E-state index in [9.17, 15) is 23.1 Å². The molecule has 3 heterocycles. The average Bonchev–Trinajstić information content (AvgIpc) is 3.47. The number of alkyl halides is 2. The molecule has 1 aromatic heterocycles. The van der Waals surface area contributed by atoms with E-state index in [1.165, 1.54) is 35.6 Å². The van der Waals surface area contributed by atoms with Crippen LogP contribution in [0.2, 0.25) is 0 Å². The number of benzene rings is 1. The van der Waals surface area contributed by atoms with E-state index in [1.54, 1.807) is 23.4 Å². The first-order chi connectivity index (χ1) is 17.1. The van der Waals surface area contributed by atoms with Crippen LogP contribution in [0.4, 0.5) is 18.0 Å². The van der Waals surface area contributed by atoms with Crippen LogP contribution in [0, 0.1) is 5.82 Å². The topological polar surface area (TPSA) is 96.3 Å². The largest absolute Gasteiger partial charge is 0.513 e. The Balaban J connectivity index is 1.81. The van der Waals surface area contributed by atoms with Crippen molar-refractivity contribution in [1.29, 1.82) is 0 Å². The Labute approximate surface area is 210 Å². The lowest BCUT2D eigenvalue weighted by molar-refractivity contribution is 0.0124. The lowest BCUT2D eigenvalue weighted by atomic mass is 9.88. The number of ether oxygens (including phenoxy) is 2. The van der Waals surface area contributed by atoms with E-state index >= 15 is 0 Å². The van der Waals surface area contributed by atoms with Gasteiger partial charge in [-0.05, 0) is 37.5 Å². The maximum absolute atomic E-state index is 14.4. The quantitative estimate of drug-likeness (QED) is 0.504. The molecule has 0 amide bonds. The number of nitrogens with zero attached hydrogens (tertiary/aromatic N) is 3. The molecule has 1 saturated heterocycles. The smallest absolute Gasteiger partial charge is 0.437 e. The minimum Gasteiger partial charge on any atom is -0.437 e. The van der Waals surface area contributed by atoms with Gasteiger partial charge in [-0.25, -0.2) is 27.9 Å². The molecule has 2 atom stereocenters. The lowest BCUT2D eigenvalue weighted by Gasteiger charge is -2.36. The Morgan fingerprint density at radius 1 is 1.33 bits per heavy atom. The molecule has 2 N–H and O–H groups in total. The van der Waals surface area contributed by atoms with Gasteiger partial charge in [-0.3, -0.25) is 4.90 Å². The molecule has 0 aliphatic carbocycles. The molecule has 0 spiro atoms. The highest BCUT2D eigenvalue weighted by Gasteiger charge is 2.47. The first-order valence-corrected chi connectivity index (χ1v) is 12.3. The summed E-state index contributed by atoms with van der Waals surface area (Å²) in [7, 11) is 1.16. The normalized spacial score (nSPS) is 23.8. The molecule has 2 aromatic rings. The van der Waals surface area contributed by atoms with E-state index in [0.717, 1.165) is 7.11 Å². The van der Waals surface area contributed by atoms with E-state index in [1.807, 2.05) is 0 Å². The van der Waals surface area contributed by atoms with E-state index < -0.39 is 36.0 Å². The second-order valence-electron chi connectivity index (χ2n) is 8.85. The van der Waals surface area contributed by atoms with Gasteiger partial charge in [0.05, 0.1) is 19.4 Å². The molecular formula is C24H27F3N4O4S. The molecule has 194 valence electrons. The number of amidine groups is 1. The summed E-state index contributed by atoms with van der Waals surface area (Å²) in [6, 6.07) is 5.09. The van der Waals surface area contributed by atoms with Crippen molar-refractivity contribution in [1.82, 2.24) is 15.2 Å². The number of thiazole rings is 1. The van der Waals surface area contributed by atoms with Crippen molar-refractivity contribution in [2.75, 3.05) is 26.8 Å². The zero-order chi connectivity index (χ0) is 25.9. The Morgan fingerprint density at radius 2 is 2.08 bits per heavy atom. The van der Waals surface area contributed by atoms with E-state index in [4.69, 9.17) is 14.5 Å². The van der Waals surface area contributed by atoms with Gasteiger partial charge >= 0.3 is 6.16 Å². The number of nitrogens with one attached hydrogen (secondary N) is 1. The van der Waals surface area contributed by atoms with Crippen LogP contribution in [0.1, 0.15) is 36.8 Å². The van der Waals surface area contributed by atoms with Crippen molar-refractivity contribution < 1.29 is 32.5 Å². The summed E-state index contributed by atoms with van der Waals surface area (Å²) in [5.74, 6) is -2.93. The molecule has 1 fully saturated rings. The molecule has 0 radical (unpaired) electrons. The molecule has 2 aliphatic rings. The number of likely N-dealkylation sites (tertiary alicyclic amines) is 1. The van der Waals surface area contributed by atoms with Gasteiger partial charge in [0.1, 0.15) is 11.4 Å². The van der Waals surface area contributed by atoms with Gasteiger partial charge in [0.2, 0.25) is 0 Å². The van der Waals surface area contributed by atoms with Gasteiger partial charge in [-0.15, -0.1) is 11.3 Å². The highest BCUT2D eigenvalue weighted by molar-refractivity contribution is 7.11. The zero-order valence-corrected chi connectivity index (χ0v) is 20.7. The van der Waals surface area contributed by atoms with Crippen LogP contribution in [0.25, 0.3) is 0 Å². The number of aliphatic hydroxyl groups is 1. The third-order valence-electron chi connectivity index (χ3n) is 6.26. The molecule has 1 aromatic carbocycles. The van der Waals surface area contributed by atoms with Crippen molar-refractivity contribution in [3.05, 3.63) is 63.7 Å². The second-order valence-corrected chi connectivity index (χ2v) is 9.74. The molecule has 12 heteroatoms. The Bertz CT molecular complexity index is 1140. The number of carbonyl (C=O) groups is 1. The number of rotatable bonds is 8. The number of hydrogen-bond acceptors (Lipinski definition) is 9. The lowest BCUT2D eigenvalue weighted by Crippen LogP contribution is -2.45. The predicted molar refractivity (Wildman–Crippen MR) is 127 cm³/mol. The van der Waals surface area contributed by atoms with Crippen LogP contribution < -0.4 is 5.32 Å². The molecule has 0 bridgehead atoms. The number of halogens is 3. The molecule has 2 aliphatic heterocycles. The van der Waals surface area contributed by atoms with Gasteiger partial charge in [0.25, 0.3) is 5.92 Å². The maximum Gasteiger partial charge on any atom is 0.513 e. The van der Waals surface area contributed by atoms with Crippen LogP contribution in [-0.4, -0.2) is 65.8 Å². The van der Waals surface area contributed by atoms with Crippen LogP contribution in [0.5, 0.6) is 0 Å². The molecule has 8 nitrogen and oxygen atoms in total. The fourth-order valence-electron chi connectivity index (χ4n) is 4.57. The number of aliphatic imine (C=N–C) groups is 1. The molecule has 1 unspecified atom stereocenters. The fourth-order valence-corrected chi connectivity index (χ4v) is 5.15. The SMILES string of the molecule is COC(=O)OC1=C(CN2CC(F)(F)CC2CCCO)NC(c2nccs2)=N[C@@]1(C)c1ccc(F)cc1. The van der Waals surface area contributed by atoms with E-state index in [0.29, 0.717) is 34.9 Å². The first kappa shape index (κ1) is 26.1. The van der Waals surface area contributed by atoms with Crippen molar-refractivity contribution >= 4 is 23.3 Å². The monoisotopic (exact) mass is 524 g/mol. The Morgan fingerprint density at radius 3 is 2.72 bits per heavy atom. The number of aliphatic hydroxyl groups excluding tert-OH is 1. The van der Waals surface area contributed by atoms with E-state index in [2.05, 4.69) is 10.3 Å². The Kier molecular flexibility index (Phi) is 7.67. The molecular weight excluding hydrogens is 497 g/mol. The molecule has 0 saturated carbocycles. The number of carbonyl (C=O) groups excluding carboxylic acids is 1.